The van der Waals surface area contributed by atoms with Gasteiger partial charge in [0.05, 0.1) is 18.7 Å². The first-order valence-electron chi connectivity index (χ1n) is 9.52. The van der Waals surface area contributed by atoms with Crippen LogP contribution in [0, 0.1) is 0 Å². The number of sulfonamides is 1. The average molecular weight is 489 g/mol. The predicted octanol–water partition coefficient (Wildman–Crippen LogP) is 2.58. The summed E-state index contributed by atoms with van der Waals surface area (Å²) in [5.74, 6) is 1.04. The summed E-state index contributed by atoms with van der Waals surface area (Å²) in [6.45, 7) is 0. The predicted molar refractivity (Wildman–Crippen MR) is 125 cm³/mol. The van der Waals surface area contributed by atoms with Crippen LogP contribution in [-0.4, -0.2) is 55.5 Å². The molecule has 0 fully saturated rings. The van der Waals surface area contributed by atoms with Gasteiger partial charge in [-0.15, -0.1) is 0 Å². The summed E-state index contributed by atoms with van der Waals surface area (Å²) < 4.78 is 54.4. The summed E-state index contributed by atoms with van der Waals surface area (Å²) in [5, 5.41) is 6.54. The third-order valence-corrected chi connectivity index (χ3v) is 7.98. The molecule has 0 saturated heterocycles. The molecule has 0 atom stereocenters. The minimum atomic E-state index is -4.06. The molecule has 0 aliphatic carbocycles. The topological polar surface area (TPSA) is 147 Å². The maximum absolute atomic E-state index is 12.1. The number of H-pyrrole nitrogens is 1. The van der Waals surface area contributed by atoms with Crippen LogP contribution >= 0.6 is 0 Å². The molecule has 2 N–H and O–H groups in total. The molecule has 11 nitrogen and oxygen atoms in total. The van der Waals surface area contributed by atoms with Crippen molar-refractivity contribution in [2.75, 3.05) is 28.1 Å². The molecule has 0 amide bonds. The number of fused-ring (bicyclic) bond motifs is 1. The van der Waals surface area contributed by atoms with E-state index in [-0.39, 0.29) is 5.69 Å². The van der Waals surface area contributed by atoms with Crippen LogP contribution in [0.1, 0.15) is 0 Å². The monoisotopic (exact) mass is 488 g/mol. The van der Waals surface area contributed by atoms with Gasteiger partial charge in [-0.3, -0.25) is 14.7 Å². The van der Waals surface area contributed by atoms with Crippen LogP contribution in [0.2, 0.25) is 0 Å². The lowest BCUT2D eigenvalue weighted by molar-refractivity contribution is 0.415. The summed E-state index contributed by atoms with van der Waals surface area (Å²) in [4.78, 5) is 10.8. The molecule has 0 saturated carbocycles. The highest BCUT2D eigenvalue weighted by Crippen LogP contribution is 2.34. The lowest BCUT2D eigenvalue weighted by Gasteiger charge is -2.23. The Hall–Kier alpha value is -3.71. The molecule has 0 aliphatic heterocycles. The van der Waals surface area contributed by atoms with E-state index in [0.29, 0.717) is 23.0 Å². The van der Waals surface area contributed by atoms with Gasteiger partial charge in [0.15, 0.2) is 20.6 Å². The Kier molecular flexibility index (Phi) is 5.91. The number of hydrogen-bond acceptors (Lipinski definition) is 9. The van der Waals surface area contributed by atoms with Crippen molar-refractivity contribution >= 4 is 53.9 Å². The van der Waals surface area contributed by atoms with Gasteiger partial charge in [-0.05, 0) is 48.5 Å². The summed E-state index contributed by atoms with van der Waals surface area (Å²) in [7, 11) is -6.19. The van der Waals surface area contributed by atoms with Crippen LogP contribution in [0.3, 0.4) is 0 Å². The van der Waals surface area contributed by atoms with E-state index in [0.717, 1.165) is 17.3 Å². The Morgan fingerprint density at radius 1 is 0.970 bits per heavy atom. The summed E-state index contributed by atoms with van der Waals surface area (Å²) in [6.07, 6.45) is 4.12. The summed E-state index contributed by atoms with van der Waals surface area (Å²) >= 11 is 0. The molecule has 4 rings (SSSR count). The number of aromatic amines is 1. The smallest absolute Gasteiger partial charge is 0.247 e. The number of ether oxygens (including phenoxy) is 1. The highest BCUT2D eigenvalue weighted by Gasteiger charge is 2.20. The first-order valence-corrected chi connectivity index (χ1v) is 13.2. The highest BCUT2D eigenvalue weighted by molar-refractivity contribution is 8.08. The van der Waals surface area contributed by atoms with Crippen LogP contribution in [0.4, 0.5) is 23.0 Å². The Bertz CT molecular complexity index is 1480. The number of rotatable bonds is 8. The second-order valence-corrected chi connectivity index (χ2v) is 11.4. The van der Waals surface area contributed by atoms with E-state index in [1.165, 1.54) is 12.1 Å². The van der Waals surface area contributed by atoms with Crippen molar-refractivity contribution in [3.05, 3.63) is 60.9 Å². The molecule has 0 radical (unpaired) electrons. The van der Waals surface area contributed by atoms with Crippen molar-refractivity contribution in [2.24, 2.45) is 0 Å². The fourth-order valence-corrected chi connectivity index (χ4v) is 6.10. The van der Waals surface area contributed by atoms with E-state index in [4.69, 9.17) is 4.74 Å². The molecule has 4 aromatic rings. The number of methoxy groups -OCH3 is 1. The number of nitrogens with zero attached hydrogens (tertiary/aromatic N) is 4. The number of benzene rings is 2. The van der Waals surface area contributed by atoms with Crippen molar-refractivity contribution in [3.8, 4) is 5.75 Å². The zero-order chi connectivity index (χ0) is 23.6. The van der Waals surface area contributed by atoms with Crippen molar-refractivity contribution < 1.29 is 21.6 Å². The SMILES string of the molecule is COc1ccc(N(c2ccc(NS(=O)(=O)CS(C)(=O)=O)cc2)c2ncc3cn[nH]c3n2)cc1. The maximum Gasteiger partial charge on any atom is 0.247 e. The molecular formula is C20H20N6O5S2. The van der Waals surface area contributed by atoms with Crippen LogP contribution in [0.5, 0.6) is 5.75 Å². The van der Waals surface area contributed by atoms with E-state index < -0.39 is 24.9 Å². The van der Waals surface area contributed by atoms with Crippen LogP contribution in [0.25, 0.3) is 11.0 Å². The van der Waals surface area contributed by atoms with Gasteiger partial charge in [0.25, 0.3) is 0 Å². The molecule has 33 heavy (non-hydrogen) atoms. The molecule has 2 aromatic heterocycles. The standard InChI is InChI=1S/C20H20N6O5S2/c1-31-18-9-7-17(8-10-18)26(20-21-11-14-12-22-24-19(14)23-20)16-5-3-15(4-6-16)25-33(29,30)13-32(2,27)28/h3-12,25H,13H2,1-2H3,(H,21,22,23,24). The number of hydrogen-bond donors (Lipinski definition) is 2. The van der Waals surface area contributed by atoms with E-state index in [2.05, 4.69) is 24.9 Å². The molecular weight excluding hydrogens is 468 g/mol. The lowest BCUT2D eigenvalue weighted by Crippen LogP contribution is -2.22. The molecule has 0 spiro atoms. The molecule has 0 aliphatic rings. The molecule has 172 valence electrons. The first kappa shape index (κ1) is 22.5. The Balaban J connectivity index is 1.71. The third kappa shape index (κ3) is 5.38. The van der Waals surface area contributed by atoms with Gasteiger partial charge < -0.3 is 4.74 Å². The highest BCUT2D eigenvalue weighted by atomic mass is 32.3. The molecule has 0 unspecified atom stereocenters. The van der Waals surface area contributed by atoms with Gasteiger partial charge in [0.1, 0.15) is 5.75 Å². The largest absolute Gasteiger partial charge is 0.497 e. The third-order valence-electron chi connectivity index (χ3n) is 4.48. The minimum absolute atomic E-state index is 0.224. The maximum atomic E-state index is 12.1. The normalized spacial score (nSPS) is 11.9. The van der Waals surface area contributed by atoms with Gasteiger partial charge >= 0.3 is 0 Å². The number of aromatic nitrogens is 4. The van der Waals surface area contributed by atoms with Crippen LogP contribution in [0.15, 0.2) is 60.9 Å². The Morgan fingerprint density at radius 2 is 1.61 bits per heavy atom. The van der Waals surface area contributed by atoms with Crippen LogP contribution < -0.4 is 14.4 Å². The van der Waals surface area contributed by atoms with Crippen molar-refractivity contribution in [1.82, 2.24) is 20.2 Å². The first-order chi connectivity index (χ1) is 15.6. The fraction of sp³-hybridized carbons (Fsp3) is 0.150. The minimum Gasteiger partial charge on any atom is -0.497 e. The molecule has 0 bridgehead atoms. The van der Waals surface area contributed by atoms with Gasteiger partial charge in [0, 0.05) is 29.5 Å². The van der Waals surface area contributed by atoms with E-state index in [1.807, 2.05) is 12.1 Å². The van der Waals surface area contributed by atoms with Gasteiger partial charge in [-0.1, -0.05) is 0 Å². The molecule has 13 heteroatoms. The molecule has 2 aromatic carbocycles. The lowest BCUT2D eigenvalue weighted by atomic mass is 10.2. The number of sulfone groups is 1. The zero-order valence-corrected chi connectivity index (χ0v) is 19.3. The Morgan fingerprint density at radius 3 is 2.21 bits per heavy atom. The summed E-state index contributed by atoms with van der Waals surface area (Å²) in [6, 6.07) is 13.7. The van der Waals surface area contributed by atoms with Gasteiger partial charge in [0.2, 0.25) is 16.0 Å². The van der Waals surface area contributed by atoms with Crippen molar-refractivity contribution in [2.45, 2.75) is 0 Å². The quantitative estimate of drug-likeness (QED) is 0.382. The summed E-state index contributed by atoms with van der Waals surface area (Å²) in [5.41, 5.74) is 2.16. The number of anilines is 4. The van der Waals surface area contributed by atoms with E-state index in [1.54, 1.807) is 48.7 Å². The molecule has 2 heterocycles. The zero-order valence-electron chi connectivity index (χ0n) is 17.6. The number of nitrogens with one attached hydrogen (secondary N) is 2. The fourth-order valence-electron chi connectivity index (χ4n) is 3.12. The van der Waals surface area contributed by atoms with Crippen molar-refractivity contribution in [3.63, 3.8) is 0 Å². The Labute approximate surface area is 190 Å². The van der Waals surface area contributed by atoms with Gasteiger partial charge in [-0.2, -0.15) is 10.1 Å². The average Bonchev–Trinajstić information content (AvgIpc) is 3.22. The van der Waals surface area contributed by atoms with Gasteiger partial charge in [-0.25, -0.2) is 21.8 Å². The van der Waals surface area contributed by atoms with E-state index in [9.17, 15) is 16.8 Å². The van der Waals surface area contributed by atoms with E-state index >= 15 is 0 Å². The van der Waals surface area contributed by atoms with Crippen LogP contribution in [-0.2, 0) is 19.9 Å². The second-order valence-electron chi connectivity index (χ2n) is 7.18. The van der Waals surface area contributed by atoms with Crippen molar-refractivity contribution in [1.29, 1.82) is 0 Å². The second kappa shape index (κ2) is 8.67.